The Bertz CT molecular complexity index is 717. The van der Waals surface area contributed by atoms with Crippen molar-refractivity contribution in [2.45, 2.75) is 13.0 Å². The Hall–Kier alpha value is -2.46. The molecule has 0 aliphatic carbocycles. The second-order valence-electron chi connectivity index (χ2n) is 4.98. The number of fused-ring (bicyclic) bond motifs is 1. The molecule has 0 saturated heterocycles. The maximum atomic E-state index is 5.56. The molecule has 3 N–H and O–H groups in total. The normalized spacial score (nSPS) is 10.7. The molecule has 0 aliphatic heterocycles. The van der Waals surface area contributed by atoms with Crippen LogP contribution in [0.2, 0.25) is 0 Å². The van der Waals surface area contributed by atoms with Crippen LogP contribution < -0.4 is 11.1 Å². The van der Waals surface area contributed by atoms with Crippen molar-refractivity contribution in [3.63, 3.8) is 0 Å². The standard InChI is InChI=1S/C17H18N4/c18-10-9-13-5-7-14(8-6-13)11-19-17-12-20-21-16-4-2-1-3-15(16)17/h1-8,12H,9-11,18H2,(H,19,21). The molecular formula is C17H18N4. The Morgan fingerprint density at radius 1 is 0.952 bits per heavy atom. The molecule has 106 valence electrons. The number of nitrogens with one attached hydrogen (secondary N) is 1. The summed E-state index contributed by atoms with van der Waals surface area (Å²) in [6.07, 6.45) is 2.69. The van der Waals surface area contributed by atoms with Crippen molar-refractivity contribution in [1.29, 1.82) is 0 Å². The summed E-state index contributed by atoms with van der Waals surface area (Å²) < 4.78 is 0. The van der Waals surface area contributed by atoms with E-state index >= 15 is 0 Å². The van der Waals surface area contributed by atoms with Gasteiger partial charge in [0.15, 0.2) is 0 Å². The highest BCUT2D eigenvalue weighted by molar-refractivity contribution is 5.90. The maximum absolute atomic E-state index is 5.56. The third-order valence-corrected chi connectivity index (χ3v) is 3.49. The van der Waals surface area contributed by atoms with Crippen LogP contribution in [0.4, 0.5) is 5.69 Å². The van der Waals surface area contributed by atoms with E-state index in [1.54, 1.807) is 6.20 Å². The molecule has 1 aromatic heterocycles. The van der Waals surface area contributed by atoms with Gasteiger partial charge in [0.05, 0.1) is 17.4 Å². The van der Waals surface area contributed by atoms with Gasteiger partial charge >= 0.3 is 0 Å². The SMILES string of the molecule is NCCc1ccc(CNc2cnnc3ccccc23)cc1. The molecule has 0 atom stereocenters. The minimum absolute atomic E-state index is 0.687. The topological polar surface area (TPSA) is 63.8 Å². The van der Waals surface area contributed by atoms with Crippen LogP contribution in [0.15, 0.2) is 54.7 Å². The van der Waals surface area contributed by atoms with Crippen molar-refractivity contribution in [3.8, 4) is 0 Å². The number of nitrogens with zero attached hydrogens (tertiary/aromatic N) is 2. The molecule has 3 aromatic rings. The summed E-state index contributed by atoms with van der Waals surface area (Å²) in [4.78, 5) is 0. The van der Waals surface area contributed by atoms with E-state index in [2.05, 4.69) is 45.8 Å². The molecule has 4 nitrogen and oxygen atoms in total. The van der Waals surface area contributed by atoms with Crippen LogP contribution in [-0.2, 0) is 13.0 Å². The van der Waals surface area contributed by atoms with Crippen LogP contribution in [0, 0.1) is 0 Å². The predicted molar refractivity (Wildman–Crippen MR) is 86.1 cm³/mol. The van der Waals surface area contributed by atoms with E-state index < -0.39 is 0 Å². The molecule has 2 aromatic carbocycles. The van der Waals surface area contributed by atoms with E-state index in [0.29, 0.717) is 6.54 Å². The highest BCUT2D eigenvalue weighted by Gasteiger charge is 2.02. The highest BCUT2D eigenvalue weighted by Crippen LogP contribution is 2.20. The van der Waals surface area contributed by atoms with Crippen molar-refractivity contribution >= 4 is 16.6 Å². The molecule has 21 heavy (non-hydrogen) atoms. The summed E-state index contributed by atoms with van der Waals surface area (Å²) in [5, 5.41) is 12.7. The minimum atomic E-state index is 0.687. The average Bonchev–Trinajstić information content (AvgIpc) is 2.54. The smallest absolute Gasteiger partial charge is 0.0950 e. The molecule has 0 bridgehead atoms. The fraction of sp³-hybridized carbons (Fsp3) is 0.176. The summed E-state index contributed by atoms with van der Waals surface area (Å²) in [6, 6.07) is 16.5. The van der Waals surface area contributed by atoms with Crippen molar-refractivity contribution in [2.24, 2.45) is 5.73 Å². The van der Waals surface area contributed by atoms with Crippen molar-refractivity contribution in [1.82, 2.24) is 10.2 Å². The lowest BCUT2D eigenvalue weighted by Gasteiger charge is -2.09. The van der Waals surface area contributed by atoms with Crippen LogP contribution in [0.5, 0.6) is 0 Å². The number of hydrogen-bond donors (Lipinski definition) is 2. The monoisotopic (exact) mass is 278 g/mol. The predicted octanol–water partition coefficient (Wildman–Crippen LogP) is 2.74. The van der Waals surface area contributed by atoms with Crippen molar-refractivity contribution < 1.29 is 0 Å². The first-order chi connectivity index (χ1) is 10.4. The summed E-state index contributed by atoms with van der Waals surface area (Å²) in [6.45, 7) is 1.45. The minimum Gasteiger partial charge on any atom is -0.379 e. The van der Waals surface area contributed by atoms with Crippen LogP contribution in [0.1, 0.15) is 11.1 Å². The first kappa shape index (κ1) is 13.5. The molecule has 0 radical (unpaired) electrons. The Balaban J connectivity index is 1.74. The first-order valence-corrected chi connectivity index (χ1v) is 7.09. The number of hydrogen-bond acceptors (Lipinski definition) is 4. The summed E-state index contributed by atoms with van der Waals surface area (Å²) in [7, 11) is 0. The number of aromatic nitrogens is 2. The van der Waals surface area contributed by atoms with Gasteiger partial charge in [-0.15, -0.1) is 0 Å². The van der Waals surface area contributed by atoms with Crippen molar-refractivity contribution in [3.05, 3.63) is 65.9 Å². The number of rotatable bonds is 5. The van der Waals surface area contributed by atoms with Gasteiger partial charge in [-0.2, -0.15) is 10.2 Å². The van der Waals surface area contributed by atoms with E-state index in [-0.39, 0.29) is 0 Å². The third-order valence-electron chi connectivity index (χ3n) is 3.49. The molecule has 0 fully saturated rings. The van der Waals surface area contributed by atoms with Crippen LogP contribution in [0.3, 0.4) is 0 Å². The second-order valence-corrected chi connectivity index (χ2v) is 4.98. The van der Waals surface area contributed by atoms with Gasteiger partial charge < -0.3 is 11.1 Å². The second kappa shape index (κ2) is 6.33. The lowest BCUT2D eigenvalue weighted by Crippen LogP contribution is -2.04. The van der Waals surface area contributed by atoms with Gasteiger partial charge in [-0.3, -0.25) is 0 Å². The molecule has 0 saturated carbocycles. The molecule has 3 rings (SSSR count). The molecule has 4 heteroatoms. The van der Waals surface area contributed by atoms with E-state index in [1.165, 1.54) is 11.1 Å². The fourth-order valence-corrected chi connectivity index (χ4v) is 2.34. The van der Waals surface area contributed by atoms with Crippen LogP contribution >= 0.6 is 0 Å². The van der Waals surface area contributed by atoms with E-state index in [0.717, 1.165) is 29.6 Å². The van der Waals surface area contributed by atoms with E-state index in [1.807, 2.05) is 18.2 Å². The first-order valence-electron chi connectivity index (χ1n) is 7.09. The lowest BCUT2D eigenvalue weighted by molar-refractivity contribution is 0.966. The number of benzene rings is 2. The van der Waals surface area contributed by atoms with Gasteiger partial charge in [0.1, 0.15) is 0 Å². The zero-order valence-electron chi connectivity index (χ0n) is 11.8. The van der Waals surface area contributed by atoms with Gasteiger partial charge in [-0.05, 0) is 30.2 Å². The Morgan fingerprint density at radius 2 is 1.71 bits per heavy atom. The Kier molecular flexibility index (Phi) is 4.07. The van der Waals surface area contributed by atoms with Crippen molar-refractivity contribution in [2.75, 3.05) is 11.9 Å². The number of nitrogens with two attached hydrogens (primary N) is 1. The Morgan fingerprint density at radius 3 is 2.52 bits per heavy atom. The quantitative estimate of drug-likeness (QED) is 0.753. The lowest BCUT2D eigenvalue weighted by atomic mass is 10.1. The van der Waals surface area contributed by atoms with E-state index in [4.69, 9.17) is 5.73 Å². The summed E-state index contributed by atoms with van der Waals surface area (Å²) >= 11 is 0. The van der Waals surface area contributed by atoms with Gasteiger partial charge in [0.25, 0.3) is 0 Å². The zero-order chi connectivity index (χ0) is 14.5. The summed E-state index contributed by atoms with van der Waals surface area (Å²) in [5.41, 5.74) is 9.98. The molecule has 1 heterocycles. The van der Waals surface area contributed by atoms with Gasteiger partial charge in [-0.1, -0.05) is 42.5 Å². The van der Waals surface area contributed by atoms with Crippen LogP contribution in [-0.4, -0.2) is 16.7 Å². The molecule has 0 aliphatic rings. The maximum Gasteiger partial charge on any atom is 0.0950 e. The molecule has 0 spiro atoms. The highest BCUT2D eigenvalue weighted by atomic mass is 15.1. The summed E-state index contributed by atoms with van der Waals surface area (Å²) in [5.74, 6) is 0. The average molecular weight is 278 g/mol. The van der Waals surface area contributed by atoms with Gasteiger partial charge in [0.2, 0.25) is 0 Å². The van der Waals surface area contributed by atoms with Gasteiger partial charge in [-0.25, -0.2) is 0 Å². The molecule has 0 unspecified atom stereocenters. The van der Waals surface area contributed by atoms with Gasteiger partial charge in [0, 0.05) is 11.9 Å². The Labute approximate surface area is 124 Å². The molecule has 0 amide bonds. The zero-order valence-corrected chi connectivity index (χ0v) is 11.8. The largest absolute Gasteiger partial charge is 0.379 e. The fourth-order valence-electron chi connectivity index (χ4n) is 2.34. The molecular weight excluding hydrogens is 260 g/mol. The third kappa shape index (κ3) is 3.17. The van der Waals surface area contributed by atoms with E-state index in [9.17, 15) is 0 Å². The number of anilines is 1. The van der Waals surface area contributed by atoms with Crippen LogP contribution in [0.25, 0.3) is 10.9 Å².